The summed E-state index contributed by atoms with van der Waals surface area (Å²) in [4.78, 5) is 14.0. The van der Waals surface area contributed by atoms with Gasteiger partial charge in [0.15, 0.2) is 0 Å². The SMILES string of the molecule is C=C(C)CN(CC)C(=O)CNc1c(C)cccc1CC. The van der Waals surface area contributed by atoms with Crippen molar-refractivity contribution >= 4 is 11.6 Å². The summed E-state index contributed by atoms with van der Waals surface area (Å²) in [6, 6.07) is 6.23. The summed E-state index contributed by atoms with van der Waals surface area (Å²) in [5, 5.41) is 3.30. The lowest BCUT2D eigenvalue weighted by atomic mass is 10.1. The normalized spacial score (nSPS) is 10.2. The molecule has 1 aromatic carbocycles. The monoisotopic (exact) mass is 274 g/mol. The number of carbonyl (C=O) groups is 1. The van der Waals surface area contributed by atoms with Gasteiger partial charge in [0.05, 0.1) is 6.54 Å². The minimum atomic E-state index is 0.112. The molecule has 1 aromatic rings. The minimum absolute atomic E-state index is 0.112. The molecule has 0 atom stereocenters. The van der Waals surface area contributed by atoms with Crippen LogP contribution in [0, 0.1) is 6.92 Å². The quantitative estimate of drug-likeness (QED) is 0.773. The van der Waals surface area contributed by atoms with Gasteiger partial charge in [0.2, 0.25) is 5.91 Å². The molecule has 0 aliphatic rings. The number of anilines is 1. The highest BCUT2D eigenvalue weighted by molar-refractivity contribution is 5.81. The van der Waals surface area contributed by atoms with Crippen LogP contribution in [-0.4, -0.2) is 30.4 Å². The largest absolute Gasteiger partial charge is 0.376 e. The molecule has 20 heavy (non-hydrogen) atoms. The van der Waals surface area contributed by atoms with Gasteiger partial charge in [0.25, 0.3) is 0 Å². The number of nitrogens with zero attached hydrogens (tertiary/aromatic N) is 1. The number of amides is 1. The maximum Gasteiger partial charge on any atom is 0.242 e. The van der Waals surface area contributed by atoms with E-state index in [1.165, 1.54) is 11.1 Å². The molecule has 3 heteroatoms. The summed E-state index contributed by atoms with van der Waals surface area (Å²) in [7, 11) is 0. The summed E-state index contributed by atoms with van der Waals surface area (Å²) in [5.74, 6) is 0.112. The van der Waals surface area contributed by atoms with Gasteiger partial charge >= 0.3 is 0 Å². The van der Waals surface area contributed by atoms with Gasteiger partial charge < -0.3 is 10.2 Å². The Kier molecular flexibility index (Phi) is 6.29. The Morgan fingerprint density at radius 1 is 1.35 bits per heavy atom. The van der Waals surface area contributed by atoms with Crippen LogP contribution in [0.2, 0.25) is 0 Å². The second-order valence-corrected chi connectivity index (χ2v) is 5.18. The molecule has 0 aromatic heterocycles. The fourth-order valence-corrected chi connectivity index (χ4v) is 2.25. The Labute approximate surface area is 122 Å². The predicted octanol–water partition coefficient (Wildman–Crippen LogP) is 3.39. The average molecular weight is 274 g/mol. The van der Waals surface area contributed by atoms with E-state index in [0.29, 0.717) is 19.6 Å². The average Bonchev–Trinajstić information content (AvgIpc) is 2.42. The molecule has 1 rings (SSSR count). The van der Waals surface area contributed by atoms with Crippen LogP contribution in [0.25, 0.3) is 0 Å². The summed E-state index contributed by atoms with van der Waals surface area (Å²) in [5.41, 5.74) is 4.53. The van der Waals surface area contributed by atoms with Crippen molar-refractivity contribution in [3.05, 3.63) is 41.5 Å². The zero-order chi connectivity index (χ0) is 15.1. The number of aryl methyl sites for hydroxylation is 2. The molecule has 0 spiro atoms. The Hall–Kier alpha value is -1.77. The van der Waals surface area contributed by atoms with Crippen molar-refractivity contribution in [2.45, 2.75) is 34.1 Å². The van der Waals surface area contributed by atoms with Crippen LogP contribution in [0.1, 0.15) is 31.9 Å². The summed E-state index contributed by atoms with van der Waals surface area (Å²) < 4.78 is 0. The summed E-state index contributed by atoms with van der Waals surface area (Å²) >= 11 is 0. The minimum Gasteiger partial charge on any atom is -0.376 e. The standard InChI is InChI=1S/C17H26N2O/c1-6-15-10-8-9-14(5)17(15)18-11-16(20)19(7-2)12-13(3)4/h8-10,18H,3,6-7,11-12H2,1-2,4-5H3. The van der Waals surface area contributed by atoms with Crippen molar-refractivity contribution in [1.29, 1.82) is 0 Å². The lowest BCUT2D eigenvalue weighted by molar-refractivity contribution is -0.128. The molecule has 0 heterocycles. The van der Waals surface area contributed by atoms with Gasteiger partial charge in [-0.3, -0.25) is 4.79 Å². The number of hydrogen-bond acceptors (Lipinski definition) is 2. The van der Waals surface area contributed by atoms with Crippen molar-refractivity contribution in [2.75, 3.05) is 25.0 Å². The molecule has 1 amide bonds. The third-order valence-corrected chi connectivity index (χ3v) is 3.35. The van der Waals surface area contributed by atoms with E-state index in [9.17, 15) is 4.79 Å². The molecule has 0 aliphatic carbocycles. The number of rotatable bonds is 7. The first-order chi connectivity index (χ1) is 9.49. The fourth-order valence-electron chi connectivity index (χ4n) is 2.25. The molecule has 1 N–H and O–H groups in total. The zero-order valence-corrected chi connectivity index (χ0v) is 13.1. The van der Waals surface area contributed by atoms with Gasteiger partial charge in [-0.05, 0) is 38.3 Å². The van der Waals surface area contributed by atoms with Crippen LogP contribution in [-0.2, 0) is 11.2 Å². The fraction of sp³-hybridized carbons (Fsp3) is 0.471. The second kappa shape index (κ2) is 7.73. The molecule has 0 radical (unpaired) electrons. The van der Waals surface area contributed by atoms with E-state index in [2.05, 4.69) is 43.9 Å². The summed E-state index contributed by atoms with van der Waals surface area (Å²) in [6.45, 7) is 13.7. The molecule has 0 aliphatic heterocycles. The zero-order valence-electron chi connectivity index (χ0n) is 13.1. The van der Waals surface area contributed by atoms with E-state index >= 15 is 0 Å². The lowest BCUT2D eigenvalue weighted by Crippen LogP contribution is -2.36. The molecule has 0 saturated heterocycles. The lowest BCUT2D eigenvalue weighted by Gasteiger charge is -2.22. The molecular formula is C17H26N2O. The number of nitrogens with one attached hydrogen (secondary N) is 1. The predicted molar refractivity (Wildman–Crippen MR) is 86.1 cm³/mol. The van der Waals surface area contributed by atoms with Gasteiger partial charge in [0, 0.05) is 18.8 Å². The highest BCUT2D eigenvalue weighted by Gasteiger charge is 2.12. The van der Waals surface area contributed by atoms with E-state index in [1.54, 1.807) is 0 Å². The molecule has 3 nitrogen and oxygen atoms in total. The van der Waals surface area contributed by atoms with E-state index in [0.717, 1.165) is 17.7 Å². The van der Waals surface area contributed by atoms with Crippen LogP contribution in [0.5, 0.6) is 0 Å². The Balaban J connectivity index is 2.71. The van der Waals surface area contributed by atoms with Crippen molar-refractivity contribution < 1.29 is 4.79 Å². The molecule has 110 valence electrons. The maximum atomic E-state index is 12.2. The van der Waals surface area contributed by atoms with Crippen LogP contribution in [0.3, 0.4) is 0 Å². The summed E-state index contributed by atoms with van der Waals surface area (Å²) in [6.07, 6.45) is 0.960. The van der Waals surface area contributed by atoms with Gasteiger partial charge in [-0.15, -0.1) is 0 Å². The van der Waals surface area contributed by atoms with Crippen molar-refractivity contribution in [2.24, 2.45) is 0 Å². The van der Waals surface area contributed by atoms with E-state index in [1.807, 2.05) is 18.7 Å². The van der Waals surface area contributed by atoms with E-state index in [-0.39, 0.29) is 5.91 Å². The van der Waals surface area contributed by atoms with Crippen molar-refractivity contribution in [1.82, 2.24) is 4.90 Å². The molecule has 0 fully saturated rings. The smallest absolute Gasteiger partial charge is 0.242 e. The highest BCUT2D eigenvalue weighted by Crippen LogP contribution is 2.20. The van der Waals surface area contributed by atoms with Crippen LogP contribution >= 0.6 is 0 Å². The Bertz CT molecular complexity index is 480. The Morgan fingerprint density at radius 2 is 2.05 bits per heavy atom. The van der Waals surface area contributed by atoms with Crippen molar-refractivity contribution in [3.8, 4) is 0 Å². The van der Waals surface area contributed by atoms with Crippen LogP contribution in [0.4, 0.5) is 5.69 Å². The molecule has 0 saturated carbocycles. The topological polar surface area (TPSA) is 32.3 Å². The number of para-hydroxylation sites is 1. The van der Waals surface area contributed by atoms with E-state index in [4.69, 9.17) is 0 Å². The number of hydrogen-bond donors (Lipinski definition) is 1. The molecule has 0 bridgehead atoms. The number of benzene rings is 1. The van der Waals surface area contributed by atoms with Crippen LogP contribution in [0.15, 0.2) is 30.4 Å². The molecular weight excluding hydrogens is 248 g/mol. The third-order valence-electron chi connectivity index (χ3n) is 3.35. The van der Waals surface area contributed by atoms with Gasteiger partial charge in [-0.1, -0.05) is 37.3 Å². The Morgan fingerprint density at radius 3 is 2.60 bits per heavy atom. The third kappa shape index (κ3) is 4.41. The van der Waals surface area contributed by atoms with Gasteiger partial charge in [-0.25, -0.2) is 0 Å². The van der Waals surface area contributed by atoms with Crippen LogP contribution < -0.4 is 5.32 Å². The second-order valence-electron chi connectivity index (χ2n) is 5.18. The van der Waals surface area contributed by atoms with E-state index < -0.39 is 0 Å². The number of likely N-dealkylation sites (N-methyl/N-ethyl adjacent to an activating group) is 1. The number of carbonyl (C=O) groups excluding carboxylic acids is 1. The van der Waals surface area contributed by atoms with Gasteiger partial charge in [-0.2, -0.15) is 0 Å². The first kappa shape index (κ1) is 16.3. The molecule has 0 unspecified atom stereocenters. The van der Waals surface area contributed by atoms with Crippen molar-refractivity contribution in [3.63, 3.8) is 0 Å². The highest BCUT2D eigenvalue weighted by atomic mass is 16.2. The maximum absolute atomic E-state index is 12.2. The first-order valence-corrected chi connectivity index (χ1v) is 7.24. The van der Waals surface area contributed by atoms with Gasteiger partial charge in [0.1, 0.15) is 0 Å². The first-order valence-electron chi connectivity index (χ1n) is 7.24.